The molecule has 0 radical (unpaired) electrons. The molecule has 0 aliphatic rings. The summed E-state index contributed by atoms with van der Waals surface area (Å²) in [6.45, 7) is 0. The van der Waals surface area contributed by atoms with Gasteiger partial charge in [0.2, 0.25) is 11.1 Å². The van der Waals surface area contributed by atoms with Gasteiger partial charge in [-0.1, -0.05) is 30.3 Å². The third-order valence-corrected chi connectivity index (χ3v) is 3.25. The van der Waals surface area contributed by atoms with Crippen LogP contribution in [0.5, 0.6) is 0 Å². The summed E-state index contributed by atoms with van der Waals surface area (Å²) in [5, 5.41) is 11.5. The first-order valence-electron chi connectivity index (χ1n) is 6.08. The van der Waals surface area contributed by atoms with Crippen molar-refractivity contribution in [3.63, 3.8) is 0 Å². The van der Waals surface area contributed by atoms with Gasteiger partial charge in [-0.15, -0.1) is 10.2 Å². The molecule has 1 atom stereocenters. The zero-order valence-corrected chi connectivity index (χ0v) is 11.5. The zero-order chi connectivity index (χ0) is 13.9. The number of furan rings is 1. The first kappa shape index (κ1) is 12.9. The van der Waals surface area contributed by atoms with E-state index in [9.17, 15) is 0 Å². The van der Waals surface area contributed by atoms with E-state index in [0.717, 1.165) is 5.56 Å². The van der Waals surface area contributed by atoms with Gasteiger partial charge in [-0.3, -0.25) is 0 Å². The Bertz CT molecular complexity index is 693. The van der Waals surface area contributed by atoms with E-state index in [1.165, 1.54) is 6.26 Å². The fourth-order valence-corrected chi connectivity index (χ4v) is 2.18. The number of benzene rings is 1. The molecule has 1 aromatic carbocycles. The molecule has 3 rings (SSSR count). The molecule has 2 heterocycles. The Labute approximate surface area is 120 Å². The average Bonchev–Trinajstić information content (AvgIpc) is 3.10. The van der Waals surface area contributed by atoms with Crippen LogP contribution >= 0.6 is 11.6 Å². The fraction of sp³-hybridized carbons (Fsp3) is 0.143. The molecule has 0 saturated heterocycles. The van der Waals surface area contributed by atoms with Crippen LogP contribution in [0.25, 0.3) is 11.5 Å². The highest BCUT2D eigenvalue weighted by Gasteiger charge is 2.21. The van der Waals surface area contributed by atoms with Crippen LogP contribution in [0.4, 0.5) is 0 Å². The topological polar surface area (TPSA) is 64.1 Å². The van der Waals surface area contributed by atoms with Crippen LogP contribution in [0.1, 0.15) is 17.5 Å². The molecule has 2 aromatic heterocycles. The number of nitrogens with zero attached hydrogens (tertiary/aromatic N) is 2. The fourth-order valence-electron chi connectivity index (χ4n) is 1.98. The van der Waals surface area contributed by atoms with E-state index in [-0.39, 0.29) is 11.3 Å². The lowest BCUT2D eigenvalue weighted by atomic mass is 10.1. The summed E-state index contributed by atoms with van der Waals surface area (Å²) in [6.07, 6.45) is 1.48. The Morgan fingerprint density at radius 3 is 2.60 bits per heavy atom. The Morgan fingerprint density at radius 1 is 1.15 bits per heavy atom. The van der Waals surface area contributed by atoms with E-state index in [4.69, 9.17) is 20.4 Å². The van der Waals surface area contributed by atoms with Gasteiger partial charge in [0, 0.05) is 0 Å². The third-order valence-electron chi connectivity index (χ3n) is 2.96. The molecule has 3 aromatic rings. The van der Waals surface area contributed by atoms with Crippen molar-refractivity contribution in [1.82, 2.24) is 15.5 Å². The van der Waals surface area contributed by atoms with E-state index in [1.54, 1.807) is 6.07 Å². The maximum absolute atomic E-state index is 5.90. The number of halogens is 1. The summed E-state index contributed by atoms with van der Waals surface area (Å²) in [6, 6.07) is 11.4. The van der Waals surface area contributed by atoms with Crippen molar-refractivity contribution in [2.75, 3.05) is 7.05 Å². The van der Waals surface area contributed by atoms with E-state index in [2.05, 4.69) is 15.5 Å². The highest BCUT2D eigenvalue weighted by atomic mass is 35.5. The molecule has 1 N–H and O–H groups in total. The standard InChI is InChI=1S/C14H12ClN3O2/c1-16-11(9-5-3-2-4-6-9)14-18-17-13(20-14)10-7-8-19-12(10)15/h2-8,11,16H,1H3. The van der Waals surface area contributed by atoms with Gasteiger partial charge in [0.1, 0.15) is 6.04 Å². The number of hydrogen-bond donors (Lipinski definition) is 1. The SMILES string of the molecule is CNC(c1ccccc1)c1nnc(-c2ccoc2Cl)o1. The molecule has 0 aliphatic carbocycles. The Hall–Kier alpha value is -2.11. The second kappa shape index (κ2) is 5.48. The van der Waals surface area contributed by atoms with Crippen LogP contribution in [0, 0.1) is 0 Å². The second-order valence-electron chi connectivity index (χ2n) is 4.19. The molecule has 0 saturated carbocycles. The number of hydrogen-bond acceptors (Lipinski definition) is 5. The van der Waals surface area contributed by atoms with Crippen molar-refractivity contribution in [2.24, 2.45) is 0 Å². The maximum atomic E-state index is 5.90. The summed E-state index contributed by atoms with van der Waals surface area (Å²) in [5.74, 6) is 0.820. The Kier molecular flexibility index (Phi) is 3.54. The van der Waals surface area contributed by atoms with Crippen LogP contribution in [-0.2, 0) is 0 Å². The Balaban J connectivity index is 1.95. The van der Waals surface area contributed by atoms with Crippen LogP contribution in [0.2, 0.25) is 5.22 Å². The van der Waals surface area contributed by atoms with Crippen LogP contribution in [0.15, 0.2) is 51.5 Å². The van der Waals surface area contributed by atoms with Crippen molar-refractivity contribution in [1.29, 1.82) is 0 Å². The number of rotatable bonds is 4. The van der Waals surface area contributed by atoms with Crippen LogP contribution in [-0.4, -0.2) is 17.2 Å². The molecular weight excluding hydrogens is 278 g/mol. The molecule has 0 spiro atoms. The molecular formula is C14H12ClN3O2. The molecule has 102 valence electrons. The monoisotopic (exact) mass is 289 g/mol. The van der Waals surface area contributed by atoms with Crippen molar-refractivity contribution in [2.45, 2.75) is 6.04 Å². The highest BCUT2D eigenvalue weighted by Crippen LogP contribution is 2.29. The van der Waals surface area contributed by atoms with E-state index in [1.807, 2.05) is 37.4 Å². The van der Waals surface area contributed by atoms with Gasteiger partial charge in [-0.2, -0.15) is 0 Å². The molecule has 6 heteroatoms. The first-order chi connectivity index (χ1) is 9.79. The van der Waals surface area contributed by atoms with Gasteiger partial charge in [0.25, 0.3) is 5.89 Å². The smallest absolute Gasteiger partial charge is 0.252 e. The molecule has 0 aliphatic heterocycles. The van der Waals surface area contributed by atoms with Gasteiger partial charge in [0.05, 0.1) is 11.8 Å². The van der Waals surface area contributed by atoms with E-state index < -0.39 is 0 Å². The van der Waals surface area contributed by atoms with E-state index in [0.29, 0.717) is 17.3 Å². The lowest BCUT2D eigenvalue weighted by Crippen LogP contribution is -2.17. The van der Waals surface area contributed by atoms with Crippen molar-refractivity contribution < 1.29 is 8.83 Å². The quantitative estimate of drug-likeness (QED) is 0.798. The lowest BCUT2D eigenvalue weighted by molar-refractivity contribution is 0.455. The van der Waals surface area contributed by atoms with Crippen LogP contribution in [0.3, 0.4) is 0 Å². The molecule has 20 heavy (non-hydrogen) atoms. The predicted octanol–water partition coefficient (Wildman–Crippen LogP) is 3.29. The van der Waals surface area contributed by atoms with Crippen molar-refractivity contribution in [3.8, 4) is 11.5 Å². The molecule has 5 nitrogen and oxygen atoms in total. The second-order valence-corrected chi connectivity index (χ2v) is 4.53. The molecule has 0 fully saturated rings. The van der Waals surface area contributed by atoms with Gasteiger partial charge in [-0.05, 0) is 30.3 Å². The summed E-state index contributed by atoms with van der Waals surface area (Å²) in [7, 11) is 1.84. The van der Waals surface area contributed by atoms with Gasteiger partial charge in [-0.25, -0.2) is 0 Å². The predicted molar refractivity (Wildman–Crippen MR) is 74.4 cm³/mol. The van der Waals surface area contributed by atoms with Gasteiger partial charge >= 0.3 is 0 Å². The highest BCUT2D eigenvalue weighted by molar-refractivity contribution is 6.31. The molecule has 1 unspecified atom stereocenters. The summed E-state index contributed by atoms with van der Waals surface area (Å²) >= 11 is 5.90. The number of nitrogens with one attached hydrogen (secondary N) is 1. The minimum atomic E-state index is -0.164. The van der Waals surface area contributed by atoms with Crippen molar-refractivity contribution >= 4 is 11.6 Å². The van der Waals surface area contributed by atoms with Crippen molar-refractivity contribution in [3.05, 3.63) is 59.3 Å². The third kappa shape index (κ3) is 2.33. The van der Waals surface area contributed by atoms with Gasteiger partial charge in [0.15, 0.2) is 0 Å². The minimum Gasteiger partial charge on any atom is -0.452 e. The zero-order valence-electron chi connectivity index (χ0n) is 10.7. The Morgan fingerprint density at radius 2 is 1.95 bits per heavy atom. The van der Waals surface area contributed by atoms with Gasteiger partial charge < -0.3 is 14.2 Å². The first-order valence-corrected chi connectivity index (χ1v) is 6.46. The molecule has 0 bridgehead atoms. The number of aromatic nitrogens is 2. The normalized spacial score (nSPS) is 12.5. The maximum Gasteiger partial charge on any atom is 0.252 e. The summed E-state index contributed by atoms with van der Waals surface area (Å²) < 4.78 is 10.7. The minimum absolute atomic E-state index is 0.164. The molecule has 0 amide bonds. The summed E-state index contributed by atoms with van der Waals surface area (Å²) in [4.78, 5) is 0. The van der Waals surface area contributed by atoms with Crippen LogP contribution < -0.4 is 5.32 Å². The average molecular weight is 290 g/mol. The lowest BCUT2D eigenvalue weighted by Gasteiger charge is -2.11. The summed E-state index contributed by atoms with van der Waals surface area (Å²) in [5.41, 5.74) is 1.64. The van der Waals surface area contributed by atoms with E-state index >= 15 is 0 Å². The largest absolute Gasteiger partial charge is 0.452 e.